The van der Waals surface area contributed by atoms with E-state index in [1.165, 1.54) is 12.3 Å². The highest BCUT2D eigenvalue weighted by atomic mass is 79.9. The highest BCUT2D eigenvalue weighted by molar-refractivity contribution is 9.10. The Balaban J connectivity index is 2.55. The second-order valence-electron chi connectivity index (χ2n) is 3.43. The number of benzene rings is 1. The zero-order valence-electron chi connectivity index (χ0n) is 8.89. The van der Waals surface area contributed by atoms with Crippen molar-refractivity contribution < 1.29 is 14.3 Å². The second kappa shape index (κ2) is 4.69. The van der Waals surface area contributed by atoms with E-state index in [9.17, 15) is 9.18 Å². The maximum absolute atomic E-state index is 13.5. The maximum atomic E-state index is 13.5. The lowest BCUT2D eigenvalue weighted by Crippen LogP contribution is -2.02. The minimum Gasteiger partial charge on any atom is -0.478 e. The molecule has 1 heterocycles. The Bertz CT molecular complexity index is 634. The third kappa shape index (κ3) is 2.30. The largest absolute Gasteiger partial charge is 0.478 e. The molecular formula is C11H7BrFN3O2. The van der Waals surface area contributed by atoms with Crippen molar-refractivity contribution in [3.05, 3.63) is 40.4 Å². The zero-order chi connectivity index (χ0) is 13.3. The van der Waals surface area contributed by atoms with Crippen LogP contribution < -0.4 is 5.73 Å². The van der Waals surface area contributed by atoms with Gasteiger partial charge in [-0.2, -0.15) is 0 Å². The van der Waals surface area contributed by atoms with Crippen LogP contribution in [0.3, 0.4) is 0 Å². The first-order valence-electron chi connectivity index (χ1n) is 4.80. The van der Waals surface area contributed by atoms with Gasteiger partial charge in [-0.25, -0.2) is 19.2 Å². The van der Waals surface area contributed by atoms with Crippen molar-refractivity contribution in [2.24, 2.45) is 0 Å². The molecule has 0 saturated heterocycles. The number of halogens is 2. The highest BCUT2D eigenvalue weighted by Gasteiger charge is 2.13. The van der Waals surface area contributed by atoms with E-state index >= 15 is 0 Å². The van der Waals surface area contributed by atoms with Crippen LogP contribution >= 0.6 is 15.9 Å². The van der Waals surface area contributed by atoms with Gasteiger partial charge in [0.15, 0.2) is 0 Å². The topological polar surface area (TPSA) is 89.1 Å². The van der Waals surface area contributed by atoms with E-state index in [0.29, 0.717) is 15.9 Å². The fourth-order valence-electron chi connectivity index (χ4n) is 1.43. The quantitative estimate of drug-likeness (QED) is 0.888. The van der Waals surface area contributed by atoms with Crippen molar-refractivity contribution >= 4 is 27.7 Å². The van der Waals surface area contributed by atoms with Crippen molar-refractivity contribution in [1.82, 2.24) is 9.97 Å². The van der Waals surface area contributed by atoms with E-state index < -0.39 is 17.3 Å². The molecule has 2 aromatic rings. The lowest BCUT2D eigenvalue weighted by molar-refractivity contribution is 0.0692. The van der Waals surface area contributed by atoms with Gasteiger partial charge < -0.3 is 10.8 Å². The molecule has 0 fully saturated rings. The van der Waals surface area contributed by atoms with Crippen molar-refractivity contribution in [2.45, 2.75) is 0 Å². The zero-order valence-corrected chi connectivity index (χ0v) is 10.5. The molecule has 0 saturated carbocycles. The minimum atomic E-state index is -1.33. The summed E-state index contributed by atoms with van der Waals surface area (Å²) in [7, 11) is 0. The predicted molar refractivity (Wildman–Crippen MR) is 66.5 cm³/mol. The number of hydrogen-bond donors (Lipinski definition) is 2. The summed E-state index contributed by atoms with van der Waals surface area (Å²) in [6.45, 7) is 0. The van der Waals surface area contributed by atoms with Gasteiger partial charge in [-0.05, 0) is 28.1 Å². The van der Waals surface area contributed by atoms with Gasteiger partial charge in [0, 0.05) is 5.56 Å². The maximum Gasteiger partial charge on any atom is 0.338 e. The molecule has 7 heteroatoms. The summed E-state index contributed by atoms with van der Waals surface area (Å²) >= 11 is 3.13. The molecular weight excluding hydrogens is 305 g/mol. The number of hydrogen-bond acceptors (Lipinski definition) is 4. The van der Waals surface area contributed by atoms with Crippen molar-refractivity contribution in [2.75, 3.05) is 5.73 Å². The lowest BCUT2D eigenvalue weighted by atomic mass is 10.1. The smallest absolute Gasteiger partial charge is 0.338 e. The van der Waals surface area contributed by atoms with Crippen LogP contribution in [-0.2, 0) is 0 Å². The SMILES string of the molecule is Nc1ncc(Br)nc1-c1ccc(C(=O)O)c(F)c1. The normalized spacial score (nSPS) is 10.3. The third-order valence-electron chi connectivity index (χ3n) is 2.24. The second-order valence-corrected chi connectivity index (χ2v) is 4.24. The number of carbonyl (C=O) groups is 1. The number of carboxylic acids is 1. The van der Waals surface area contributed by atoms with Crippen LogP contribution in [0.1, 0.15) is 10.4 Å². The fourth-order valence-corrected chi connectivity index (χ4v) is 1.70. The molecule has 0 spiro atoms. The standard InChI is InChI=1S/C11H7BrFN3O2/c12-8-4-15-10(14)9(16-8)5-1-2-6(11(17)18)7(13)3-5/h1-4H,(H2,14,15)(H,17,18). The van der Waals surface area contributed by atoms with Crippen LogP contribution in [0, 0.1) is 5.82 Å². The number of aromatic carboxylic acids is 1. The monoisotopic (exact) mass is 311 g/mol. The van der Waals surface area contributed by atoms with E-state index in [2.05, 4.69) is 25.9 Å². The summed E-state index contributed by atoms with van der Waals surface area (Å²) in [5.74, 6) is -2.03. The number of anilines is 1. The summed E-state index contributed by atoms with van der Waals surface area (Å²) in [6.07, 6.45) is 1.42. The summed E-state index contributed by atoms with van der Waals surface area (Å²) < 4.78 is 14.0. The Hall–Kier alpha value is -2.02. The van der Waals surface area contributed by atoms with E-state index in [0.717, 1.165) is 12.1 Å². The van der Waals surface area contributed by atoms with Crippen LogP contribution in [0.5, 0.6) is 0 Å². The van der Waals surface area contributed by atoms with E-state index in [-0.39, 0.29) is 5.82 Å². The number of nitrogens with zero attached hydrogens (tertiary/aromatic N) is 2. The molecule has 18 heavy (non-hydrogen) atoms. The van der Waals surface area contributed by atoms with Crippen molar-refractivity contribution in [1.29, 1.82) is 0 Å². The van der Waals surface area contributed by atoms with Gasteiger partial charge in [-0.3, -0.25) is 0 Å². The Morgan fingerprint density at radius 2 is 2.17 bits per heavy atom. The van der Waals surface area contributed by atoms with E-state index in [4.69, 9.17) is 10.8 Å². The Morgan fingerprint density at radius 3 is 2.78 bits per heavy atom. The molecule has 5 nitrogen and oxygen atoms in total. The summed E-state index contributed by atoms with van der Waals surface area (Å²) in [5.41, 5.74) is 5.89. The van der Waals surface area contributed by atoms with Gasteiger partial charge in [-0.1, -0.05) is 6.07 Å². The van der Waals surface area contributed by atoms with Crippen LogP contribution in [0.25, 0.3) is 11.3 Å². The van der Waals surface area contributed by atoms with Crippen LogP contribution in [0.4, 0.5) is 10.2 Å². The number of rotatable bonds is 2. The minimum absolute atomic E-state index is 0.140. The van der Waals surface area contributed by atoms with Gasteiger partial charge in [0.25, 0.3) is 0 Å². The Morgan fingerprint density at radius 1 is 1.44 bits per heavy atom. The highest BCUT2D eigenvalue weighted by Crippen LogP contribution is 2.25. The van der Waals surface area contributed by atoms with Gasteiger partial charge in [0.2, 0.25) is 0 Å². The summed E-state index contributed by atoms with van der Waals surface area (Å²) in [6, 6.07) is 3.66. The molecule has 1 aromatic heterocycles. The molecule has 0 aliphatic carbocycles. The number of nitrogens with two attached hydrogens (primary N) is 1. The first kappa shape index (κ1) is 12.4. The molecule has 1 aromatic carbocycles. The summed E-state index contributed by atoms with van der Waals surface area (Å²) in [4.78, 5) is 18.6. The predicted octanol–water partition coefficient (Wildman–Crippen LogP) is 2.33. The van der Waals surface area contributed by atoms with Crippen molar-refractivity contribution in [3.8, 4) is 11.3 Å². The molecule has 0 bridgehead atoms. The lowest BCUT2D eigenvalue weighted by Gasteiger charge is -2.05. The molecule has 2 rings (SSSR count). The molecule has 92 valence electrons. The number of nitrogen functional groups attached to an aromatic ring is 1. The number of carboxylic acid groups (broad SMARTS) is 1. The van der Waals surface area contributed by atoms with Gasteiger partial charge in [-0.15, -0.1) is 0 Å². The van der Waals surface area contributed by atoms with E-state index in [1.54, 1.807) is 0 Å². The first-order valence-corrected chi connectivity index (χ1v) is 5.59. The molecule has 0 aliphatic rings. The molecule has 0 radical (unpaired) electrons. The van der Waals surface area contributed by atoms with Crippen molar-refractivity contribution in [3.63, 3.8) is 0 Å². The Labute approximate surface area is 110 Å². The van der Waals surface area contributed by atoms with Crippen LogP contribution in [0.15, 0.2) is 29.0 Å². The molecule has 0 unspecified atom stereocenters. The van der Waals surface area contributed by atoms with Gasteiger partial charge in [0.1, 0.15) is 21.9 Å². The average molecular weight is 312 g/mol. The van der Waals surface area contributed by atoms with Crippen LogP contribution in [0.2, 0.25) is 0 Å². The molecule has 0 atom stereocenters. The Kier molecular flexibility index (Phi) is 3.24. The van der Waals surface area contributed by atoms with Crippen LogP contribution in [-0.4, -0.2) is 21.0 Å². The fraction of sp³-hybridized carbons (Fsp3) is 0. The first-order chi connectivity index (χ1) is 8.49. The van der Waals surface area contributed by atoms with Gasteiger partial charge >= 0.3 is 5.97 Å². The molecule has 0 amide bonds. The average Bonchev–Trinajstić information content (AvgIpc) is 2.31. The van der Waals surface area contributed by atoms with E-state index in [1.807, 2.05) is 0 Å². The third-order valence-corrected chi connectivity index (χ3v) is 2.63. The summed E-state index contributed by atoms with van der Waals surface area (Å²) in [5, 5.41) is 8.73. The molecule has 3 N–H and O–H groups in total. The van der Waals surface area contributed by atoms with Gasteiger partial charge in [0.05, 0.1) is 11.8 Å². The molecule has 0 aliphatic heterocycles. The number of aromatic nitrogens is 2.